The van der Waals surface area contributed by atoms with E-state index in [1.165, 1.54) is 0 Å². The van der Waals surface area contributed by atoms with Crippen LogP contribution in [0.3, 0.4) is 0 Å². The van der Waals surface area contributed by atoms with Crippen LogP contribution in [0, 0.1) is 0 Å². The van der Waals surface area contributed by atoms with Crippen molar-refractivity contribution >= 4 is 46.5 Å². The maximum atomic E-state index is 9.34. The van der Waals surface area contributed by atoms with Gasteiger partial charge in [-0.3, -0.25) is 0 Å². The molecule has 0 aliphatic carbocycles. The second kappa shape index (κ2) is 8.30. The van der Waals surface area contributed by atoms with Gasteiger partial charge in [-0.1, -0.05) is 75.6 Å². The fourth-order valence-corrected chi connectivity index (χ4v) is 3.57. The predicted molar refractivity (Wildman–Crippen MR) is 122 cm³/mol. The molecule has 4 aromatic rings. The van der Waals surface area contributed by atoms with Crippen LogP contribution in [0.15, 0.2) is 73.8 Å². The number of aromatic nitrogens is 1. The van der Waals surface area contributed by atoms with E-state index in [0.29, 0.717) is 5.46 Å². The molecule has 0 saturated carbocycles. The van der Waals surface area contributed by atoms with Crippen LogP contribution in [-0.2, 0) is 0 Å². The lowest BCUT2D eigenvalue weighted by atomic mass is 9.80. The van der Waals surface area contributed by atoms with Crippen molar-refractivity contribution in [1.29, 1.82) is 0 Å². The second-order valence-corrected chi connectivity index (χ2v) is 6.19. The lowest BCUT2D eigenvalue weighted by Crippen LogP contribution is -2.29. The zero-order valence-corrected chi connectivity index (χ0v) is 16.3. The molecule has 0 unspecified atom stereocenters. The van der Waals surface area contributed by atoms with E-state index in [4.69, 9.17) is 0 Å². The minimum atomic E-state index is -1.47. The van der Waals surface area contributed by atoms with Gasteiger partial charge in [-0.05, 0) is 40.9 Å². The number of nitrogens with zero attached hydrogens (tertiary/aromatic N) is 1. The van der Waals surface area contributed by atoms with Crippen LogP contribution in [0.2, 0.25) is 0 Å². The van der Waals surface area contributed by atoms with Crippen LogP contribution in [0.5, 0.6) is 0 Å². The number of hydrogen-bond acceptors (Lipinski definition) is 2. The van der Waals surface area contributed by atoms with Gasteiger partial charge in [0.2, 0.25) is 0 Å². The summed E-state index contributed by atoms with van der Waals surface area (Å²) in [6.45, 7) is 11.9. The van der Waals surface area contributed by atoms with E-state index in [1.807, 2.05) is 56.3 Å². The molecule has 0 atom stereocenters. The minimum absolute atomic E-state index is 0.468. The molecule has 0 aliphatic rings. The number of para-hydroxylation sites is 1. The zero-order valence-electron chi connectivity index (χ0n) is 16.3. The molecular formula is C24H24BNO2. The second-order valence-electron chi connectivity index (χ2n) is 6.19. The van der Waals surface area contributed by atoms with Gasteiger partial charge in [0.25, 0.3) is 0 Å². The first-order chi connectivity index (χ1) is 13.7. The maximum absolute atomic E-state index is 9.34. The molecule has 3 nitrogen and oxygen atoms in total. The summed E-state index contributed by atoms with van der Waals surface area (Å²) in [7, 11) is -1.47. The molecule has 0 fully saturated rings. The van der Waals surface area contributed by atoms with E-state index in [-0.39, 0.29) is 0 Å². The molecule has 0 aliphatic heterocycles. The minimum Gasteiger partial charge on any atom is -0.423 e. The Balaban J connectivity index is 0.00000109. The molecule has 28 heavy (non-hydrogen) atoms. The summed E-state index contributed by atoms with van der Waals surface area (Å²) < 4.78 is 2.18. The van der Waals surface area contributed by atoms with Crippen LogP contribution < -0.4 is 5.46 Å². The van der Waals surface area contributed by atoms with Gasteiger partial charge in [-0.15, -0.1) is 0 Å². The summed E-state index contributed by atoms with van der Waals surface area (Å²) in [5.74, 6) is 0. The number of benzene rings is 3. The summed E-state index contributed by atoms with van der Waals surface area (Å²) in [4.78, 5) is 0. The average Bonchev–Trinajstić information content (AvgIpc) is 3.09. The van der Waals surface area contributed by atoms with Crippen LogP contribution in [0.1, 0.15) is 25.0 Å². The van der Waals surface area contributed by atoms with Gasteiger partial charge < -0.3 is 14.6 Å². The molecule has 0 radical (unpaired) electrons. The van der Waals surface area contributed by atoms with Crippen LogP contribution in [-0.4, -0.2) is 21.7 Å². The molecule has 3 aromatic carbocycles. The highest BCUT2D eigenvalue weighted by molar-refractivity contribution is 6.58. The normalized spacial score (nSPS) is 10.4. The fraction of sp³-hybridized carbons (Fsp3) is 0.0833. The van der Waals surface area contributed by atoms with Crippen molar-refractivity contribution in [3.05, 3.63) is 84.9 Å². The zero-order chi connectivity index (χ0) is 20.3. The molecule has 140 valence electrons. The maximum Gasteiger partial charge on any atom is 0.488 e. The molecular weight excluding hydrogens is 345 g/mol. The average molecular weight is 369 g/mol. The third-order valence-electron chi connectivity index (χ3n) is 4.79. The van der Waals surface area contributed by atoms with E-state index in [0.717, 1.165) is 38.6 Å². The van der Waals surface area contributed by atoms with Crippen molar-refractivity contribution in [2.75, 3.05) is 0 Å². The Kier molecular flexibility index (Phi) is 5.83. The Labute approximate surface area is 166 Å². The lowest BCUT2D eigenvalue weighted by Gasteiger charge is -2.10. The first-order valence-electron chi connectivity index (χ1n) is 9.43. The van der Waals surface area contributed by atoms with E-state index < -0.39 is 7.12 Å². The Morgan fingerprint density at radius 3 is 2.11 bits per heavy atom. The van der Waals surface area contributed by atoms with Gasteiger partial charge in [-0.2, -0.15) is 0 Å². The van der Waals surface area contributed by atoms with Gasteiger partial charge in [0, 0.05) is 16.5 Å². The summed E-state index contributed by atoms with van der Waals surface area (Å²) in [5, 5.41) is 21.0. The summed E-state index contributed by atoms with van der Waals surface area (Å²) in [5.41, 5.74) is 5.70. The van der Waals surface area contributed by atoms with Crippen LogP contribution >= 0.6 is 0 Å². The van der Waals surface area contributed by atoms with Crippen LogP contribution in [0.25, 0.3) is 39.6 Å². The summed E-state index contributed by atoms with van der Waals surface area (Å²) in [6, 6.07) is 19.6. The van der Waals surface area contributed by atoms with Crippen molar-refractivity contribution in [3.8, 4) is 5.69 Å². The van der Waals surface area contributed by atoms with E-state index >= 15 is 0 Å². The number of hydrogen-bond donors (Lipinski definition) is 2. The molecule has 1 heterocycles. The smallest absolute Gasteiger partial charge is 0.423 e. The predicted octanol–water partition coefficient (Wildman–Crippen LogP) is 4.78. The van der Waals surface area contributed by atoms with E-state index in [2.05, 4.69) is 35.9 Å². The Morgan fingerprint density at radius 1 is 0.821 bits per heavy atom. The van der Waals surface area contributed by atoms with Crippen molar-refractivity contribution in [2.24, 2.45) is 0 Å². The number of fused-ring (bicyclic) bond motifs is 3. The molecule has 4 rings (SSSR count). The molecule has 0 amide bonds. The van der Waals surface area contributed by atoms with Gasteiger partial charge in [0.1, 0.15) is 0 Å². The fourth-order valence-electron chi connectivity index (χ4n) is 3.57. The quantitative estimate of drug-likeness (QED) is 0.509. The summed E-state index contributed by atoms with van der Waals surface area (Å²) in [6.07, 6.45) is 3.72. The Morgan fingerprint density at radius 2 is 1.50 bits per heavy atom. The summed E-state index contributed by atoms with van der Waals surface area (Å²) >= 11 is 0. The topological polar surface area (TPSA) is 45.4 Å². The van der Waals surface area contributed by atoms with Crippen molar-refractivity contribution in [3.63, 3.8) is 0 Å². The van der Waals surface area contributed by atoms with E-state index in [9.17, 15) is 10.0 Å². The molecule has 2 N–H and O–H groups in total. The highest BCUT2D eigenvalue weighted by Crippen LogP contribution is 2.36. The van der Waals surface area contributed by atoms with Gasteiger partial charge in [-0.25, -0.2) is 0 Å². The Hall–Kier alpha value is -3.08. The SMILES string of the molecule is C=Cc1ccc2c(c1C=C)c1ccccc1n2-c1ccc(B(O)O)cc1.CC. The molecule has 1 aromatic heterocycles. The third-order valence-corrected chi connectivity index (χ3v) is 4.79. The van der Waals surface area contributed by atoms with Gasteiger partial charge in [0.15, 0.2) is 0 Å². The molecule has 4 heteroatoms. The largest absolute Gasteiger partial charge is 0.488 e. The monoisotopic (exact) mass is 369 g/mol. The lowest BCUT2D eigenvalue weighted by molar-refractivity contribution is 0.426. The highest BCUT2D eigenvalue weighted by atomic mass is 16.4. The third kappa shape index (κ3) is 3.17. The van der Waals surface area contributed by atoms with Gasteiger partial charge in [0.05, 0.1) is 11.0 Å². The van der Waals surface area contributed by atoms with E-state index in [1.54, 1.807) is 12.1 Å². The highest BCUT2D eigenvalue weighted by Gasteiger charge is 2.16. The van der Waals surface area contributed by atoms with Crippen molar-refractivity contribution < 1.29 is 10.0 Å². The first-order valence-corrected chi connectivity index (χ1v) is 9.43. The first kappa shape index (κ1) is 19.7. The molecule has 0 bridgehead atoms. The van der Waals surface area contributed by atoms with Gasteiger partial charge >= 0.3 is 7.12 Å². The van der Waals surface area contributed by atoms with Crippen LogP contribution in [0.4, 0.5) is 0 Å². The molecule has 0 spiro atoms. The standard InChI is InChI=1S/C22H18BNO2.C2H6/c1-3-15-9-14-21-22(18(15)4-2)19-7-5-6-8-20(19)24(21)17-12-10-16(11-13-17)23(25)26;1-2/h3-14,25-26H,1-2H2;1-2H3. The Bertz CT molecular complexity index is 1140. The molecule has 0 saturated heterocycles. The number of rotatable bonds is 4. The van der Waals surface area contributed by atoms with Crippen molar-refractivity contribution in [1.82, 2.24) is 4.57 Å². The van der Waals surface area contributed by atoms with Crippen molar-refractivity contribution in [2.45, 2.75) is 13.8 Å².